The molecular weight excluding hydrogens is 358 g/mol. The normalized spacial score (nSPS) is 15.5. The molecule has 1 aliphatic heterocycles. The summed E-state index contributed by atoms with van der Waals surface area (Å²) in [5, 5.41) is 6.75. The van der Waals surface area contributed by atoms with E-state index in [0.29, 0.717) is 38.0 Å². The van der Waals surface area contributed by atoms with Crippen molar-refractivity contribution in [2.24, 2.45) is 0 Å². The van der Waals surface area contributed by atoms with E-state index in [4.69, 9.17) is 9.26 Å². The lowest BCUT2D eigenvalue weighted by molar-refractivity contribution is -0.122. The fourth-order valence-corrected chi connectivity index (χ4v) is 3.33. The summed E-state index contributed by atoms with van der Waals surface area (Å²) in [7, 11) is 0. The molecule has 28 heavy (non-hydrogen) atoms. The van der Waals surface area contributed by atoms with Crippen molar-refractivity contribution in [3.8, 4) is 5.75 Å². The predicted octanol–water partition coefficient (Wildman–Crippen LogP) is 1.31. The van der Waals surface area contributed by atoms with Gasteiger partial charge in [-0.15, -0.1) is 0 Å². The number of hydrogen-bond donors (Lipinski definition) is 1. The maximum atomic E-state index is 12.2. The van der Waals surface area contributed by atoms with Crippen molar-refractivity contribution in [2.75, 3.05) is 45.9 Å². The van der Waals surface area contributed by atoms with Crippen LogP contribution in [0.4, 0.5) is 0 Å². The van der Waals surface area contributed by atoms with Crippen LogP contribution in [0, 0.1) is 20.8 Å². The average molecular weight is 387 g/mol. The molecule has 0 radical (unpaired) electrons. The van der Waals surface area contributed by atoms with E-state index in [9.17, 15) is 4.79 Å². The van der Waals surface area contributed by atoms with Gasteiger partial charge >= 0.3 is 0 Å². The van der Waals surface area contributed by atoms with E-state index in [1.807, 2.05) is 39.0 Å². The summed E-state index contributed by atoms with van der Waals surface area (Å²) >= 11 is 0. The molecule has 1 aromatic heterocycles. The number of hydrogen-bond acceptors (Lipinski definition) is 7. The van der Waals surface area contributed by atoms with Gasteiger partial charge in [0.25, 0.3) is 0 Å². The fraction of sp³-hybridized carbons (Fsp3) is 0.550. The van der Waals surface area contributed by atoms with Gasteiger partial charge in [-0.2, -0.15) is 4.98 Å². The zero-order valence-corrected chi connectivity index (χ0v) is 16.9. The van der Waals surface area contributed by atoms with Crippen molar-refractivity contribution in [1.29, 1.82) is 0 Å². The number of carbonyl (C=O) groups is 1. The van der Waals surface area contributed by atoms with Crippen LogP contribution in [0.1, 0.15) is 22.8 Å². The molecule has 3 rings (SSSR count). The number of carbonyl (C=O) groups excluding carboxylic acids is 1. The minimum Gasteiger partial charge on any atom is -0.491 e. The predicted molar refractivity (Wildman–Crippen MR) is 105 cm³/mol. The highest BCUT2D eigenvalue weighted by Crippen LogP contribution is 2.21. The Morgan fingerprint density at radius 1 is 1.14 bits per heavy atom. The number of nitrogens with one attached hydrogen (secondary N) is 1. The summed E-state index contributed by atoms with van der Waals surface area (Å²) in [5.74, 6) is 2.25. The van der Waals surface area contributed by atoms with Crippen LogP contribution in [0.3, 0.4) is 0 Å². The van der Waals surface area contributed by atoms with Crippen LogP contribution in [0.5, 0.6) is 5.75 Å². The first-order valence-electron chi connectivity index (χ1n) is 9.71. The molecule has 1 amide bonds. The molecule has 0 atom stereocenters. The first-order valence-corrected chi connectivity index (χ1v) is 9.71. The van der Waals surface area contributed by atoms with Crippen molar-refractivity contribution in [3.05, 3.63) is 41.0 Å². The van der Waals surface area contributed by atoms with Crippen molar-refractivity contribution in [2.45, 2.75) is 27.3 Å². The third-order valence-electron chi connectivity index (χ3n) is 4.84. The number of rotatable bonds is 8. The quantitative estimate of drug-likeness (QED) is 0.684. The molecule has 1 N–H and O–H groups in total. The second-order valence-electron chi connectivity index (χ2n) is 7.21. The lowest BCUT2D eigenvalue weighted by Gasteiger charge is -2.33. The minimum absolute atomic E-state index is 0.0334. The van der Waals surface area contributed by atoms with Crippen LogP contribution in [0.25, 0.3) is 0 Å². The standard InChI is InChI=1S/C20H29N5O3/c1-15-5-4-6-16(2)20(15)27-12-7-21-18(26)13-24-8-10-25(11-9-24)14-19-22-17(3)23-28-19/h4-6H,7-14H2,1-3H3,(H,21,26). The monoisotopic (exact) mass is 387 g/mol. The van der Waals surface area contributed by atoms with Gasteiger partial charge in [0, 0.05) is 26.2 Å². The number of nitrogens with zero attached hydrogens (tertiary/aromatic N) is 4. The molecule has 8 nitrogen and oxygen atoms in total. The highest BCUT2D eigenvalue weighted by molar-refractivity contribution is 5.78. The number of ether oxygens (including phenoxy) is 1. The van der Waals surface area contributed by atoms with Gasteiger partial charge in [0.2, 0.25) is 11.8 Å². The molecule has 1 aromatic carbocycles. The molecule has 2 aromatic rings. The zero-order chi connectivity index (χ0) is 19.9. The molecule has 0 bridgehead atoms. The zero-order valence-electron chi connectivity index (χ0n) is 16.9. The lowest BCUT2D eigenvalue weighted by atomic mass is 10.1. The van der Waals surface area contributed by atoms with Gasteiger partial charge in [0.15, 0.2) is 5.82 Å². The van der Waals surface area contributed by atoms with Gasteiger partial charge in [-0.05, 0) is 31.9 Å². The summed E-state index contributed by atoms with van der Waals surface area (Å²) < 4.78 is 11.0. The van der Waals surface area contributed by atoms with Crippen LogP contribution in [0.15, 0.2) is 22.7 Å². The Hall–Kier alpha value is -2.45. The number of amides is 1. The van der Waals surface area contributed by atoms with Gasteiger partial charge in [-0.25, -0.2) is 0 Å². The Kier molecular flexibility index (Phi) is 7.00. The molecule has 8 heteroatoms. The topological polar surface area (TPSA) is 83.7 Å². The minimum atomic E-state index is 0.0334. The van der Waals surface area contributed by atoms with E-state index in [2.05, 4.69) is 25.3 Å². The van der Waals surface area contributed by atoms with E-state index in [0.717, 1.165) is 43.1 Å². The number of piperazine rings is 1. The van der Waals surface area contributed by atoms with Crippen LogP contribution >= 0.6 is 0 Å². The van der Waals surface area contributed by atoms with Gasteiger partial charge in [-0.1, -0.05) is 23.4 Å². The largest absolute Gasteiger partial charge is 0.491 e. The van der Waals surface area contributed by atoms with E-state index in [-0.39, 0.29) is 5.91 Å². The second-order valence-corrected chi connectivity index (χ2v) is 7.21. The number of para-hydroxylation sites is 1. The Bertz CT molecular complexity index is 764. The van der Waals surface area contributed by atoms with Gasteiger partial charge in [0.1, 0.15) is 12.4 Å². The third-order valence-corrected chi connectivity index (χ3v) is 4.84. The van der Waals surface area contributed by atoms with Crippen molar-refractivity contribution in [1.82, 2.24) is 25.3 Å². The maximum absolute atomic E-state index is 12.2. The summed E-state index contributed by atoms with van der Waals surface area (Å²) in [6, 6.07) is 6.07. The fourth-order valence-electron chi connectivity index (χ4n) is 3.33. The van der Waals surface area contributed by atoms with Crippen LogP contribution in [0.2, 0.25) is 0 Å². The molecule has 0 spiro atoms. The van der Waals surface area contributed by atoms with Gasteiger partial charge < -0.3 is 14.6 Å². The Labute approximate surface area is 165 Å². The lowest BCUT2D eigenvalue weighted by Crippen LogP contribution is -2.49. The summed E-state index contributed by atoms with van der Waals surface area (Å²) in [5.41, 5.74) is 2.22. The second kappa shape index (κ2) is 9.66. The van der Waals surface area contributed by atoms with Crippen LogP contribution in [-0.2, 0) is 11.3 Å². The Morgan fingerprint density at radius 3 is 2.46 bits per heavy atom. The SMILES string of the molecule is Cc1noc(CN2CCN(CC(=O)NCCOc3c(C)cccc3C)CC2)n1. The Morgan fingerprint density at radius 2 is 1.82 bits per heavy atom. The number of aromatic nitrogens is 2. The van der Waals surface area contributed by atoms with Crippen molar-refractivity contribution < 1.29 is 14.1 Å². The summed E-state index contributed by atoms with van der Waals surface area (Å²) in [4.78, 5) is 20.8. The highest BCUT2D eigenvalue weighted by Gasteiger charge is 2.20. The molecule has 1 fully saturated rings. The van der Waals surface area contributed by atoms with Crippen molar-refractivity contribution in [3.63, 3.8) is 0 Å². The third kappa shape index (κ3) is 5.77. The molecule has 0 unspecified atom stereocenters. The summed E-state index contributed by atoms with van der Waals surface area (Å²) in [6.07, 6.45) is 0. The van der Waals surface area contributed by atoms with Crippen molar-refractivity contribution >= 4 is 5.91 Å². The van der Waals surface area contributed by atoms with Gasteiger partial charge in [-0.3, -0.25) is 14.6 Å². The van der Waals surface area contributed by atoms with Gasteiger partial charge in [0.05, 0.1) is 19.6 Å². The van der Waals surface area contributed by atoms with E-state index < -0.39 is 0 Å². The molecule has 152 valence electrons. The first-order chi connectivity index (χ1) is 13.5. The molecule has 2 heterocycles. The van der Waals surface area contributed by atoms with Crippen LogP contribution < -0.4 is 10.1 Å². The van der Waals surface area contributed by atoms with E-state index >= 15 is 0 Å². The number of benzene rings is 1. The summed E-state index contributed by atoms with van der Waals surface area (Å²) in [6.45, 7) is 11.4. The first kappa shape index (κ1) is 20.3. The van der Waals surface area contributed by atoms with Crippen LogP contribution in [-0.4, -0.2) is 71.7 Å². The molecule has 0 aliphatic carbocycles. The molecular formula is C20H29N5O3. The van der Waals surface area contributed by atoms with E-state index in [1.165, 1.54) is 0 Å². The molecule has 1 aliphatic rings. The average Bonchev–Trinajstić information content (AvgIpc) is 3.07. The smallest absolute Gasteiger partial charge is 0.240 e. The highest BCUT2D eigenvalue weighted by atomic mass is 16.5. The molecule has 1 saturated heterocycles. The Balaban J connectivity index is 1.31. The maximum Gasteiger partial charge on any atom is 0.240 e. The van der Waals surface area contributed by atoms with E-state index in [1.54, 1.807) is 0 Å². The molecule has 0 saturated carbocycles. The number of aryl methyl sites for hydroxylation is 3.